The van der Waals surface area contributed by atoms with Gasteiger partial charge in [0, 0.05) is 37.7 Å². The fourth-order valence-corrected chi connectivity index (χ4v) is 3.47. The summed E-state index contributed by atoms with van der Waals surface area (Å²) in [5, 5.41) is 17.6. The molecule has 0 bridgehead atoms. The van der Waals surface area contributed by atoms with Gasteiger partial charge in [0.1, 0.15) is 0 Å². The van der Waals surface area contributed by atoms with Gasteiger partial charge in [0.05, 0.1) is 18.1 Å². The molecule has 1 atom stereocenters. The lowest BCUT2D eigenvalue weighted by atomic mass is 10.1. The fourth-order valence-electron chi connectivity index (χ4n) is 3.47. The summed E-state index contributed by atoms with van der Waals surface area (Å²) in [5.41, 5.74) is 2.14. The summed E-state index contributed by atoms with van der Waals surface area (Å²) in [5.74, 6) is 2.75. The lowest BCUT2D eigenvalue weighted by Gasteiger charge is -2.15. The predicted molar refractivity (Wildman–Crippen MR) is 115 cm³/mol. The Morgan fingerprint density at radius 2 is 1.90 bits per heavy atom. The summed E-state index contributed by atoms with van der Waals surface area (Å²) < 4.78 is 16.2. The number of aliphatic imine (C=N–C) groups is 1. The van der Waals surface area contributed by atoms with E-state index in [-0.39, 0.29) is 12.5 Å². The Hall–Kier alpha value is -3.33. The highest BCUT2D eigenvalue weighted by Gasteiger charge is 2.16. The minimum Gasteiger partial charge on any atom is -0.454 e. The van der Waals surface area contributed by atoms with Crippen molar-refractivity contribution in [3.05, 3.63) is 63.7 Å². The van der Waals surface area contributed by atoms with Gasteiger partial charge in [-0.25, -0.2) is 4.99 Å². The van der Waals surface area contributed by atoms with E-state index in [2.05, 4.69) is 15.6 Å². The third kappa shape index (κ3) is 5.85. The first kappa shape index (κ1) is 20.9. The van der Waals surface area contributed by atoms with Crippen LogP contribution in [0.15, 0.2) is 47.5 Å². The smallest absolute Gasteiger partial charge is 0.269 e. The first-order valence-electron chi connectivity index (χ1n) is 10.4. The maximum atomic E-state index is 10.8. The highest BCUT2D eigenvalue weighted by atomic mass is 16.7. The van der Waals surface area contributed by atoms with Gasteiger partial charge < -0.3 is 24.8 Å². The molecule has 1 fully saturated rings. The van der Waals surface area contributed by atoms with Crippen LogP contribution < -0.4 is 20.1 Å². The van der Waals surface area contributed by atoms with Gasteiger partial charge in [-0.2, -0.15) is 0 Å². The second-order valence-electron chi connectivity index (χ2n) is 7.56. The van der Waals surface area contributed by atoms with E-state index in [1.165, 1.54) is 12.1 Å². The van der Waals surface area contributed by atoms with Crippen LogP contribution in [0.4, 0.5) is 5.69 Å². The fraction of sp³-hybridized carbons (Fsp3) is 0.409. The van der Waals surface area contributed by atoms with Crippen LogP contribution in [0, 0.1) is 16.0 Å². The number of nitrogens with zero attached hydrogens (tertiary/aromatic N) is 2. The van der Waals surface area contributed by atoms with Crippen molar-refractivity contribution in [2.24, 2.45) is 10.9 Å². The number of hydrogen-bond acceptors (Lipinski definition) is 6. The minimum atomic E-state index is -0.401. The second kappa shape index (κ2) is 10.1. The van der Waals surface area contributed by atoms with Gasteiger partial charge >= 0.3 is 0 Å². The van der Waals surface area contributed by atoms with Crippen LogP contribution in [-0.4, -0.2) is 44.0 Å². The molecular formula is C22H26N4O5. The molecule has 0 spiro atoms. The van der Waals surface area contributed by atoms with Crippen molar-refractivity contribution in [1.82, 2.24) is 10.6 Å². The second-order valence-corrected chi connectivity index (χ2v) is 7.56. The number of nitro groups is 1. The molecule has 9 heteroatoms. The first-order chi connectivity index (χ1) is 15.2. The van der Waals surface area contributed by atoms with Crippen molar-refractivity contribution in [2.75, 3.05) is 33.1 Å². The summed E-state index contributed by atoms with van der Waals surface area (Å²) in [4.78, 5) is 15.1. The zero-order chi connectivity index (χ0) is 21.5. The molecule has 2 aliphatic rings. The van der Waals surface area contributed by atoms with E-state index in [9.17, 15) is 10.1 Å². The highest BCUT2D eigenvalue weighted by molar-refractivity contribution is 5.79. The van der Waals surface area contributed by atoms with Crippen LogP contribution in [0.3, 0.4) is 0 Å². The molecule has 4 rings (SSSR count). The SMILES string of the molecule is O=[N+]([O-])c1ccc(CN=C(NCCc2ccc3c(c2)OCO3)NCC2CCOC2)cc1. The lowest BCUT2D eigenvalue weighted by molar-refractivity contribution is -0.384. The molecule has 9 nitrogen and oxygen atoms in total. The van der Waals surface area contributed by atoms with Gasteiger partial charge in [0.2, 0.25) is 6.79 Å². The Kier molecular flexibility index (Phi) is 6.83. The van der Waals surface area contributed by atoms with E-state index in [4.69, 9.17) is 14.2 Å². The highest BCUT2D eigenvalue weighted by Crippen LogP contribution is 2.32. The summed E-state index contributed by atoms with van der Waals surface area (Å²) in [7, 11) is 0. The van der Waals surface area contributed by atoms with Crippen LogP contribution >= 0.6 is 0 Å². The molecule has 0 aliphatic carbocycles. The van der Waals surface area contributed by atoms with Crippen LogP contribution in [0.5, 0.6) is 11.5 Å². The number of nitro benzene ring substituents is 1. The molecule has 0 amide bonds. The molecule has 31 heavy (non-hydrogen) atoms. The molecule has 1 unspecified atom stereocenters. The summed E-state index contributed by atoms with van der Waals surface area (Å²) >= 11 is 0. The zero-order valence-electron chi connectivity index (χ0n) is 17.2. The molecule has 0 saturated carbocycles. The molecule has 2 aliphatic heterocycles. The van der Waals surface area contributed by atoms with E-state index in [1.807, 2.05) is 18.2 Å². The molecule has 0 radical (unpaired) electrons. The van der Waals surface area contributed by atoms with Crippen LogP contribution in [0.1, 0.15) is 17.5 Å². The van der Waals surface area contributed by atoms with Crippen molar-refractivity contribution >= 4 is 11.6 Å². The Morgan fingerprint density at radius 3 is 2.68 bits per heavy atom. The van der Waals surface area contributed by atoms with Gasteiger partial charge in [-0.3, -0.25) is 10.1 Å². The summed E-state index contributed by atoms with van der Waals surface area (Å²) in [6.07, 6.45) is 1.85. The topological polar surface area (TPSA) is 107 Å². The monoisotopic (exact) mass is 426 g/mol. The van der Waals surface area contributed by atoms with Gasteiger partial charge in [-0.15, -0.1) is 0 Å². The zero-order valence-corrected chi connectivity index (χ0v) is 17.2. The largest absolute Gasteiger partial charge is 0.454 e. The normalized spacial score (nSPS) is 17.5. The summed E-state index contributed by atoms with van der Waals surface area (Å²) in [6, 6.07) is 12.4. The Morgan fingerprint density at radius 1 is 1.10 bits per heavy atom. The molecule has 2 heterocycles. The average molecular weight is 426 g/mol. The number of hydrogen-bond donors (Lipinski definition) is 2. The van der Waals surface area contributed by atoms with Crippen molar-refractivity contribution < 1.29 is 19.1 Å². The third-order valence-corrected chi connectivity index (χ3v) is 5.29. The van der Waals surface area contributed by atoms with E-state index >= 15 is 0 Å². The molecule has 2 N–H and O–H groups in total. The maximum Gasteiger partial charge on any atom is 0.269 e. The quantitative estimate of drug-likeness (QED) is 0.289. The van der Waals surface area contributed by atoms with Gasteiger partial charge in [-0.1, -0.05) is 18.2 Å². The van der Waals surface area contributed by atoms with Crippen LogP contribution in [0.2, 0.25) is 0 Å². The van der Waals surface area contributed by atoms with E-state index in [0.29, 0.717) is 25.0 Å². The molecule has 1 saturated heterocycles. The Bertz CT molecular complexity index is 926. The minimum absolute atomic E-state index is 0.0779. The number of nitrogens with one attached hydrogen (secondary N) is 2. The molecule has 0 aromatic heterocycles. The standard InChI is InChI=1S/C22H26N4O5/c27-26(28)19-4-1-17(2-5-19)12-24-22(25-13-18-8-10-29-14-18)23-9-7-16-3-6-20-21(11-16)31-15-30-20/h1-6,11,18H,7-10,12-15H2,(H2,23,24,25). The molecular weight excluding hydrogens is 400 g/mol. The average Bonchev–Trinajstić information content (AvgIpc) is 3.47. The van der Waals surface area contributed by atoms with Crippen LogP contribution in [-0.2, 0) is 17.7 Å². The van der Waals surface area contributed by atoms with Gasteiger partial charge in [-0.05, 0) is 36.1 Å². The number of rotatable bonds is 8. The number of fused-ring (bicyclic) bond motifs is 1. The lowest BCUT2D eigenvalue weighted by Crippen LogP contribution is -2.41. The van der Waals surface area contributed by atoms with Crippen molar-refractivity contribution in [3.8, 4) is 11.5 Å². The van der Waals surface area contributed by atoms with E-state index in [0.717, 1.165) is 55.2 Å². The third-order valence-electron chi connectivity index (χ3n) is 5.29. The molecule has 164 valence electrons. The van der Waals surface area contributed by atoms with Gasteiger partial charge in [0.25, 0.3) is 5.69 Å². The predicted octanol–water partition coefficient (Wildman–Crippen LogP) is 2.64. The van der Waals surface area contributed by atoms with Crippen molar-refractivity contribution in [2.45, 2.75) is 19.4 Å². The van der Waals surface area contributed by atoms with E-state index < -0.39 is 4.92 Å². The number of ether oxygens (including phenoxy) is 3. The maximum absolute atomic E-state index is 10.8. The van der Waals surface area contributed by atoms with E-state index in [1.54, 1.807) is 12.1 Å². The van der Waals surface area contributed by atoms with Gasteiger partial charge in [0.15, 0.2) is 17.5 Å². The summed E-state index contributed by atoms with van der Waals surface area (Å²) in [6.45, 7) is 3.76. The van der Waals surface area contributed by atoms with Crippen molar-refractivity contribution in [1.29, 1.82) is 0 Å². The molecule has 2 aromatic rings. The van der Waals surface area contributed by atoms with Crippen molar-refractivity contribution in [3.63, 3.8) is 0 Å². The number of non-ortho nitro benzene ring substituents is 1. The number of benzene rings is 2. The Labute approximate surface area is 180 Å². The number of guanidine groups is 1. The first-order valence-corrected chi connectivity index (χ1v) is 10.4. The molecule has 2 aromatic carbocycles. The van der Waals surface area contributed by atoms with Crippen LogP contribution in [0.25, 0.3) is 0 Å². The Balaban J connectivity index is 1.34.